The number of imide groups is 1. The Morgan fingerprint density at radius 2 is 1.73 bits per heavy atom. The summed E-state index contributed by atoms with van der Waals surface area (Å²) in [6.07, 6.45) is 2.51. The summed E-state index contributed by atoms with van der Waals surface area (Å²) in [5, 5.41) is 0.503. The van der Waals surface area contributed by atoms with Crippen LogP contribution in [0.15, 0.2) is 30.4 Å². The lowest BCUT2D eigenvalue weighted by molar-refractivity contribution is -0.119. The van der Waals surface area contributed by atoms with Crippen LogP contribution in [0.1, 0.15) is 5.56 Å². The number of benzene rings is 1. The number of anilines is 1. The Labute approximate surface area is 91.9 Å². The highest BCUT2D eigenvalue weighted by atomic mass is 35.5. The van der Waals surface area contributed by atoms with Crippen LogP contribution in [-0.2, 0) is 9.59 Å². The van der Waals surface area contributed by atoms with Crippen molar-refractivity contribution < 1.29 is 9.59 Å². The summed E-state index contributed by atoms with van der Waals surface area (Å²) < 4.78 is 0. The lowest BCUT2D eigenvalue weighted by Crippen LogP contribution is -2.30. The van der Waals surface area contributed by atoms with Crippen LogP contribution in [0, 0.1) is 6.92 Å². The van der Waals surface area contributed by atoms with E-state index in [0.717, 1.165) is 10.5 Å². The Balaban J connectivity index is 2.50. The fourth-order valence-corrected chi connectivity index (χ4v) is 1.63. The number of amides is 2. The van der Waals surface area contributed by atoms with E-state index < -0.39 is 0 Å². The van der Waals surface area contributed by atoms with Gasteiger partial charge in [-0.15, -0.1) is 0 Å². The third-order valence-corrected chi connectivity index (χ3v) is 2.46. The van der Waals surface area contributed by atoms with E-state index >= 15 is 0 Å². The van der Waals surface area contributed by atoms with Gasteiger partial charge in [0.1, 0.15) is 0 Å². The van der Waals surface area contributed by atoms with Crippen LogP contribution < -0.4 is 4.90 Å². The fraction of sp³-hybridized carbons (Fsp3) is 0.0909. The predicted molar refractivity (Wildman–Crippen MR) is 57.8 cm³/mol. The number of aryl methyl sites for hydroxylation is 1. The standard InChI is InChI=1S/C11H8ClNO2/c1-7-2-3-8(12)6-9(7)13-10(14)4-5-11(13)15/h2-6H,1H3. The first-order valence-corrected chi connectivity index (χ1v) is 4.79. The van der Waals surface area contributed by atoms with Gasteiger partial charge >= 0.3 is 0 Å². The minimum Gasteiger partial charge on any atom is -0.269 e. The Morgan fingerprint density at radius 3 is 2.33 bits per heavy atom. The zero-order chi connectivity index (χ0) is 11.0. The van der Waals surface area contributed by atoms with Gasteiger partial charge in [0, 0.05) is 17.2 Å². The molecule has 1 aliphatic rings. The normalized spacial score (nSPS) is 15.2. The highest BCUT2D eigenvalue weighted by molar-refractivity contribution is 6.32. The van der Waals surface area contributed by atoms with Gasteiger partial charge in [-0.2, -0.15) is 0 Å². The maximum absolute atomic E-state index is 11.4. The van der Waals surface area contributed by atoms with E-state index in [1.54, 1.807) is 18.2 Å². The third kappa shape index (κ3) is 1.66. The van der Waals surface area contributed by atoms with Gasteiger partial charge in [0.15, 0.2) is 0 Å². The molecule has 1 heterocycles. The summed E-state index contributed by atoms with van der Waals surface area (Å²) >= 11 is 5.82. The number of carbonyl (C=O) groups is 2. The van der Waals surface area contributed by atoms with Gasteiger partial charge in [0.2, 0.25) is 0 Å². The largest absolute Gasteiger partial charge is 0.269 e. The van der Waals surface area contributed by atoms with E-state index in [1.165, 1.54) is 12.2 Å². The number of hydrogen-bond acceptors (Lipinski definition) is 2. The smallest absolute Gasteiger partial charge is 0.258 e. The first kappa shape index (κ1) is 9.93. The molecule has 0 spiro atoms. The summed E-state index contributed by atoms with van der Waals surface area (Å²) in [4.78, 5) is 24.0. The molecule has 0 saturated carbocycles. The van der Waals surface area contributed by atoms with Crippen LogP contribution in [-0.4, -0.2) is 11.8 Å². The Bertz CT molecular complexity index is 461. The molecule has 0 N–H and O–H groups in total. The fourth-order valence-electron chi connectivity index (χ4n) is 1.46. The van der Waals surface area contributed by atoms with Gasteiger partial charge < -0.3 is 0 Å². The van der Waals surface area contributed by atoms with Crippen LogP contribution in [0.2, 0.25) is 5.02 Å². The van der Waals surface area contributed by atoms with Crippen LogP contribution in [0.25, 0.3) is 0 Å². The molecular formula is C11H8ClNO2. The van der Waals surface area contributed by atoms with E-state index in [9.17, 15) is 9.59 Å². The van der Waals surface area contributed by atoms with E-state index in [4.69, 9.17) is 11.6 Å². The van der Waals surface area contributed by atoms with Crippen molar-refractivity contribution in [1.29, 1.82) is 0 Å². The van der Waals surface area contributed by atoms with Gasteiger partial charge in [-0.25, -0.2) is 4.90 Å². The van der Waals surface area contributed by atoms with Crippen molar-refractivity contribution in [1.82, 2.24) is 0 Å². The first-order chi connectivity index (χ1) is 7.09. The second kappa shape index (κ2) is 3.51. The summed E-state index contributed by atoms with van der Waals surface area (Å²) in [6, 6.07) is 5.11. The van der Waals surface area contributed by atoms with Crippen molar-refractivity contribution >= 4 is 29.1 Å². The molecule has 1 aromatic carbocycles. The van der Waals surface area contributed by atoms with Gasteiger partial charge in [-0.3, -0.25) is 9.59 Å². The van der Waals surface area contributed by atoms with E-state index in [1.807, 2.05) is 6.92 Å². The topological polar surface area (TPSA) is 37.4 Å². The van der Waals surface area contributed by atoms with Crippen LogP contribution in [0.5, 0.6) is 0 Å². The zero-order valence-corrected chi connectivity index (χ0v) is 8.78. The molecule has 0 atom stereocenters. The summed E-state index contributed by atoms with van der Waals surface area (Å²) in [6.45, 7) is 1.82. The summed E-state index contributed by atoms with van der Waals surface area (Å²) in [5.41, 5.74) is 1.38. The summed E-state index contributed by atoms with van der Waals surface area (Å²) in [7, 11) is 0. The van der Waals surface area contributed by atoms with Crippen molar-refractivity contribution in [2.45, 2.75) is 6.92 Å². The Hall–Kier alpha value is -1.61. The number of nitrogens with zero attached hydrogens (tertiary/aromatic N) is 1. The molecule has 0 radical (unpaired) electrons. The third-order valence-electron chi connectivity index (χ3n) is 2.22. The number of hydrogen-bond donors (Lipinski definition) is 0. The van der Waals surface area contributed by atoms with Crippen LogP contribution >= 0.6 is 11.6 Å². The van der Waals surface area contributed by atoms with Gasteiger partial charge in [-0.1, -0.05) is 17.7 Å². The van der Waals surface area contributed by atoms with E-state index in [-0.39, 0.29) is 11.8 Å². The minimum atomic E-state index is -0.328. The second-order valence-electron chi connectivity index (χ2n) is 3.28. The van der Waals surface area contributed by atoms with Crippen molar-refractivity contribution in [2.24, 2.45) is 0 Å². The van der Waals surface area contributed by atoms with Gasteiger partial charge in [0.05, 0.1) is 5.69 Å². The average Bonchev–Trinajstić information content (AvgIpc) is 2.51. The molecule has 2 amide bonds. The monoisotopic (exact) mass is 221 g/mol. The highest BCUT2D eigenvalue weighted by Gasteiger charge is 2.26. The molecule has 1 aliphatic heterocycles. The minimum absolute atomic E-state index is 0.328. The van der Waals surface area contributed by atoms with Crippen LogP contribution in [0.4, 0.5) is 5.69 Å². The van der Waals surface area contributed by atoms with Crippen molar-refractivity contribution in [3.63, 3.8) is 0 Å². The van der Waals surface area contributed by atoms with Crippen molar-refractivity contribution in [3.8, 4) is 0 Å². The highest BCUT2D eigenvalue weighted by Crippen LogP contribution is 2.26. The number of rotatable bonds is 1. The molecule has 0 aromatic heterocycles. The molecule has 76 valence electrons. The number of halogens is 1. The lowest BCUT2D eigenvalue weighted by atomic mass is 10.2. The quantitative estimate of drug-likeness (QED) is 0.681. The molecule has 0 saturated heterocycles. The molecule has 15 heavy (non-hydrogen) atoms. The molecule has 1 aromatic rings. The number of carbonyl (C=O) groups excluding carboxylic acids is 2. The Kier molecular flexibility index (Phi) is 2.32. The predicted octanol–water partition coefficient (Wildman–Crippen LogP) is 2.08. The lowest BCUT2D eigenvalue weighted by Gasteiger charge is -2.16. The molecule has 0 fully saturated rings. The van der Waals surface area contributed by atoms with Crippen LogP contribution in [0.3, 0.4) is 0 Å². The summed E-state index contributed by atoms with van der Waals surface area (Å²) in [5.74, 6) is -0.657. The molecule has 2 rings (SSSR count). The van der Waals surface area contributed by atoms with Gasteiger partial charge in [-0.05, 0) is 24.6 Å². The maximum atomic E-state index is 11.4. The maximum Gasteiger partial charge on any atom is 0.258 e. The van der Waals surface area contributed by atoms with E-state index in [2.05, 4.69) is 0 Å². The molecular weight excluding hydrogens is 214 g/mol. The molecule has 3 nitrogen and oxygen atoms in total. The molecule has 0 aliphatic carbocycles. The molecule has 4 heteroatoms. The van der Waals surface area contributed by atoms with Crippen molar-refractivity contribution in [2.75, 3.05) is 4.90 Å². The van der Waals surface area contributed by atoms with Crippen molar-refractivity contribution in [3.05, 3.63) is 40.9 Å². The van der Waals surface area contributed by atoms with Gasteiger partial charge in [0.25, 0.3) is 11.8 Å². The first-order valence-electron chi connectivity index (χ1n) is 4.42. The molecule has 0 bridgehead atoms. The van der Waals surface area contributed by atoms with E-state index in [0.29, 0.717) is 10.7 Å². The zero-order valence-electron chi connectivity index (χ0n) is 8.03. The second-order valence-corrected chi connectivity index (χ2v) is 3.71. The SMILES string of the molecule is Cc1ccc(Cl)cc1N1C(=O)C=CC1=O. The molecule has 0 unspecified atom stereocenters. The average molecular weight is 222 g/mol. The Morgan fingerprint density at radius 1 is 1.13 bits per heavy atom.